The molecule has 0 aliphatic carbocycles. The summed E-state index contributed by atoms with van der Waals surface area (Å²) in [6.07, 6.45) is 0.567. The molecule has 0 saturated heterocycles. The van der Waals surface area contributed by atoms with Crippen LogP contribution in [0.15, 0.2) is 48.5 Å². The molecule has 0 fully saturated rings. The Balaban J connectivity index is 2.17. The van der Waals surface area contributed by atoms with Gasteiger partial charge in [0.1, 0.15) is 11.6 Å². The predicted octanol–water partition coefficient (Wildman–Crippen LogP) is 3.56. The number of rotatable bonds is 8. The molecule has 0 bridgehead atoms. The third kappa shape index (κ3) is 5.31. The fourth-order valence-corrected chi connectivity index (χ4v) is 2.32. The average molecular weight is 345 g/mol. The monoisotopic (exact) mass is 345 g/mol. The summed E-state index contributed by atoms with van der Waals surface area (Å²) in [7, 11) is 0. The second kappa shape index (κ2) is 8.82. The number of carboxylic acid groups (broad SMARTS) is 1. The van der Waals surface area contributed by atoms with Crippen LogP contribution in [0.3, 0.4) is 0 Å². The van der Waals surface area contributed by atoms with Gasteiger partial charge in [0.2, 0.25) is 0 Å². The van der Waals surface area contributed by atoms with E-state index in [2.05, 4.69) is 5.32 Å². The lowest BCUT2D eigenvalue weighted by Crippen LogP contribution is -2.30. The van der Waals surface area contributed by atoms with Crippen molar-refractivity contribution < 1.29 is 23.8 Å². The second-order valence-electron chi connectivity index (χ2n) is 5.52. The Labute approximate surface area is 145 Å². The van der Waals surface area contributed by atoms with Crippen LogP contribution in [0.25, 0.3) is 0 Å². The van der Waals surface area contributed by atoms with E-state index in [0.717, 1.165) is 6.42 Å². The molecule has 6 heteroatoms. The summed E-state index contributed by atoms with van der Waals surface area (Å²) >= 11 is 0. The molecule has 0 radical (unpaired) electrons. The number of aliphatic carboxylic acids is 1. The highest BCUT2D eigenvalue weighted by Gasteiger charge is 2.20. The molecule has 2 aromatic carbocycles. The lowest BCUT2D eigenvalue weighted by molar-refractivity contribution is -0.137. The highest BCUT2D eigenvalue weighted by Crippen LogP contribution is 2.21. The summed E-state index contributed by atoms with van der Waals surface area (Å²) in [5.41, 5.74) is 0.483. The van der Waals surface area contributed by atoms with Crippen molar-refractivity contribution in [2.75, 3.05) is 6.61 Å². The van der Waals surface area contributed by atoms with Crippen molar-refractivity contribution in [1.29, 1.82) is 0 Å². The van der Waals surface area contributed by atoms with Gasteiger partial charge in [-0.1, -0.05) is 31.2 Å². The zero-order valence-corrected chi connectivity index (χ0v) is 13.9. The number of halogens is 1. The van der Waals surface area contributed by atoms with Crippen LogP contribution >= 0.6 is 0 Å². The van der Waals surface area contributed by atoms with Gasteiger partial charge in [-0.05, 0) is 36.2 Å². The summed E-state index contributed by atoms with van der Waals surface area (Å²) < 4.78 is 19.2. The Kier molecular flexibility index (Phi) is 6.51. The standard InChI is InChI=1S/C19H20FNO4/c1-2-11-25-14-9-7-13(8-10-14)17(12-18(22)23)21-19(24)15-5-3-4-6-16(15)20/h3-10,17H,2,11-12H2,1H3,(H,21,24)(H,22,23). The highest BCUT2D eigenvalue weighted by atomic mass is 19.1. The third-order valence-corrected chi connectivity index (χ3v) is 3.56. The highest BCUT2D eigenvalue weighted by molar-refractivity contribution is 5.94. The maximum atomic E-state index is 13.7. The van der Waals surface area contributed by atoms with Crippen molar-refractivity contribution in [2.45, 2.75) is 25.8 Å². The summed E-state index contributed by atoms with van der Waals surface area (Å²) in [5.74, 6) is -1.71. The maximum Gasteiger partial charge on any atom is 0.305 e. The minimum Gasteiger partial charge on any atom is -0.494 e. The number of carbonyl (C=O) groups excluding carboxylic acids is 1. The van der Waals surface area contributed by atoms with Crippen LogP contribution in [-0.4, -0.2) is 23.6 Å². The second-order valence-corrected chi connectivity index (χ2v) is 5.52. The largest absolute Gasteiger partial charge is 0.494 e. The lowest BCUT2D eigenvalue weighted by Gasteiger charge is -2.18. The molecular weight excluding hydrogens is 325 g/mol. The van der Waals surface area contributed by atoms with E-state index >= 15 is 0 Å². The van der Waals surface area contributed by atoms with E-state index < -0.39 is 23.7 Å². The van der Waals surface area contributed by atoms with Crippen LogP contribution in [0, 0.1) is 5.82 Å². The lowest BCUT2D eigenvalue weighted by atomic mass is 10.0. The third-order valence-electron chi connectivity index (χ3n) is 3.56. The first-order valence-electron chi connectivity index (χ1n) is 8.01. The van der Waals surface area contributed by atoms with E-state index in [0.29, 0.717) is 17.9 Å². The van der Waals surface area contributed by atoms with E-state index in [1.807, 2.05) is 6.92 Å². The quantitative estimate of drug-likeness (QED) is 0.767. The van der Waals surface area contributed by atoms with Crippen molar-refractivity contribution >= 4 is 11.9 Å². The summed E-state index contributed by atoms with van der Waals surface area (Å²) in [4.78, 5) is 23.4. The number of ether oxygens (including phenoxy) is 1. The maximum absolute atomic E-state index is 13.7. The SMILES string of the molecule is CCCOc1ccc(C(CC(=O)O)NC(=O)c2ccccc2F)cc1. The molecule has 25 heavy (non-hydrogen) atoms. The zero-order valence-electron chi connectivity index (χ0n) is 13.9. The van der Waals surface area contributed by atoms with Crippen LogP contribution in [0.2, 0.25) is 0 Å². The number of hydrogen-bond donors (Lipinski definition) is 2. The number of hydrogen-bond acceptors (Lipinski definition) is 3. The van der Waals surface area contributed by atoms with Crippen LogP contribution in [0.4, 0.5) is 4.39 Å². The number of carbonyl (C=O) groups is 2. The molecule has 0 aliphatic rings. The normalized spacial score (nSPS) is 11.6. The number of carboxylic acids is 1. The van der Waals surface area contributed by atoms with Crippen molar-refractivity contribution in [1.82, 2.24) is 5.32 Å². The first-order valence-corrected chi connectivity index (χ1v) is 8.01. The Morgan fingerprint density at radius 1 is 1.16 bits per heavy atom. The Hall–Kier alpha value is -2.89. The van der Waals surface area contributed by atoms with E-state index in [1.54, 1.807) is 30.3 Å². The topological polar surface area (TPSA) is 75.6 Å². The number of benzene rings is 2. The van der Waals surface area contributed by atoms with Crippen LogP contribution in [0.1, 0.15) is 41.7 Å². The van der Waals surface area contributed by atoms with Crippen LogP contribution in [-0.2, 0) is 4.79 Å². The van der Waals surface area contributed by atoms with Crippen molar-refractivity contribution in [3.05, 3.63) is 65.5 Å². The molecule has 1 atom stereocenters. The van der Waals surface area contributed by atoms with Gasteiger partial charge in [0.15, 0.2) is 0 Å². The van der Waals surface area contributed by atoms with Gasteiger partial charge in [-0.15, -0.1) is 0 Å². The van der Waals surface area contributed by atoms with Gasteiger partial charge in [0, 0.05) is 0 Å². The molecule has 2 aromatic rings. The number of amides is 1. The molecule has 0 heterocycles. The Bertz CT molecular complexity index is 730. The average Bonchev–Trinajstić information content (AvgIpc) is 2.59. The van der Waals surface area contributed by atoms with Gasteiger partial charge in [-0.25, -0.2) is 4.39 Å². The zero-order chi connectivity index (χ0) is 18.2. The van der Waals surface area contributed by atoms with Crippen molar-refractivity contribution in [3.63, 3.8) is 0 Å². The number of nitrogens with one attached hydrogen (secondary N) is 1. The van der Waals surface area contributed by atoms with Crippen molar-refractivity contribution in [3.8, 4) is 5.75 Å². The molecular formula is C19H20FNO4. The first kappa shape index (κ1) is 18.4. The molecule has 1 amide bonds. The van der Waals surface area contributed by atoms with E-state index in [4.69, 9.17) is 9.84 Å². The molecule has 0 spiro atoms. The molecule has 132 valence electrons. The Morgan fingerprint density at radius 3 is 2.44 bits per heavy atom. The fourth-order valence-electron chi connectivity index (χ4n) is 2.32. The molecule has 5 nitrogen and oxygen atoms in total. The van der Waals surface area contributed by atoms with Crippen molar-refractivity contribution in [2.24, 2.45) is 0 Å². The summed E-state index contributed by atoms with van der Waals surface area (Å²) in [5, 5.41) is 11.7. The van der Waals surface area contributed by atoms with Gasteiger partial charge >= 0.3 is 5.97 Å². The van der Waals surface area contributed by atoms with E-state index in [9.17, 15) is 14.0 Å². The van der Waals surface area contributed by atoms with Crippen LogP contribution in [0.5, 0.6) is 5.75 Å². The summed E-state index contributed by atoms with van der Waals surface area (Å²) in [6, 6.07) is 11.6. The van der Waals surface area contributed by atoms with Gasteiger partial charge in [-0.2, -0.15) is 0 Å². The minimum absolute atomic E-state index is 0.124. The molecule has 2 N–H and O–H groups in total. The van der Waals surface area contributed by atoms with Gasteiger partial charge in [-0.3, -0.25) is 9.59 Å². The van der Waals surface area contributed by atoms with Crippen LogP contribution < -0.4 is 10.1 Å². The molecule has 2 rings (SSSR count). The van der Waals surface area contributed by atoms with Gasteiger partial charge in [0.05, 0.1) is 24.6 Å². The van der Waals surface area contributed by atoms with E-state index in [1.165, 1.54) is 18.2 Å². The predicted molar refractivity (Wildman–Crippen MR) is 91.1 cm³/mol. The minimum atomic E-state index is -1.06. The molecule has 0 saturated carbocycles. The fraction of sp³-hybridized carbons (Fsp3) is 0.263. The Morgan fingerprint density at radius 2 is 1.84 bits per heavy atom. The smallest absolute Gasteiger partial charge is 0.305 e. The molecule has 0 aromatic heterocycles. The van der Waals surface area contributed by atoms with Gasteiger partial charge in [0.25, 0.3) is 5.91 Å². The summed E-state index contributed by atoms with van der Waals surface area (Å²) in [6.45, 7) is 2.58. The van der Waals surface area contributed by atoms with E-state index in [-0.39, 0.29) is 12.0 Å². The molecule has 1 unspecified atom stereocenters. The first-order chi connectivity index (χ1) is 12.0. The molecule has 0 aliphatic heterocycles. The van der Waals surface area contributed by atoms with Gasteiger partial charge < -0.3 is 15.2 Å².